The monoisotopic (exact) mass is 256 g/mol. The van der Waals surface area contributed by atoms with Gasteiger partial charge in [0.05, 0.1) is 7.11 Å². The molecular weight excluding hydrogens is 236 g/mol. The number of ether oxygens (including phenoxy) is 1. The number of esters is 1. The third-order valence-corrected chi connectivity index (χ3v) is 3.28. The number of rotatable bonds is 5. The number of carbonyl (C=O) groups is 3. The van der Waals surface area contributed by atoms with Crippen molar-refractivity contribution >= 4 is 17.8 Å². The molecule has 0 radical (unpaired) electrons. The fourth-order valence-corrected chi connectivity index (χ4v) is 1.86. The molecule has 0 saturated carbocycles. The van der Waals surface area contributed by atoms with E-state index in [0.717, 1.165) is 6.42 Å². The van der Waals surface area contributed by atoms with Gasteiger partial charge in [-0.15, -0.1) is 0 Å². The predicted octanol–water partition coefficient (Wildman–Crippen LogP) is -0.0311. The Labute approximate surface area is 106 Å². The van der Waals surface area contributed by atoms with Crippen molar-refractivity contribution in [2.45, 2.75) is 45.2 Å². The lowest BCUT2D eigenvalue weighted by Crippen LogP contribution is -2.51. The van der Waals surface area contributed by atoms with Crippen LogP contribution in [0.2, 0.25) is 0 Å². The summed E-state index contributed by atoms with van der Waals surface area (Å²) in [6.45, 7) is 3.80. The summed E-state index contributed by atoms with van der Waals surface area (Å²) in [6, 6.07) is -1.20. The maximum absolute atomic E-state index is 11.9. The van der Waals surface area contributed by atoms with Crippen LogP contribution in [0, 0.1) is 5.92 Å². The third-order valence-electron chi connectivity index (χ3n) is 3.28. The Morgan fingerprint density at radius 2 is 2.22 bits per heavy atom. The smallest absolute Gasteiger partial charge is 0.328 e. The lowest BCUT2D eigenvalue weighted by molar-refractivity contribution is -0.146. The van der Waals surface area contributed by atoms with E-state index < -0.39 is 18.1 Å². The van der Waals surface area contributed by atoms with Gasteiger partial charge < -0.3 is 15.4 Å². The molecule has 0 unspecified atom stereocenters. The average molecular weight is 256 g/mol. The number of nitrogens with one attached hydrogen (secondary N) is 2. The van der Waals surface area contributed by atoms with Crippen molar-refractivity contribution in [2.75, 3.05) is 7.11 Å². The van der Waals surface area contributed by atoms with Crippen LogP contribution in [0.25, 0.3) is 0 Å². The van der Waals surface area contributed by atoms with Crippen LogP contribution >= 0.6 is 0 Å². The van der Waals surface area contributed by atoms with Gasteiger partial charge in [-0.05, 0) is 12.3 Å². The van der Waals surface area contributed by atoms with Crippen LogP contribution in [0.3, 0.4) is 0 Å². The molecule has 2 amide bonds. The van der Waals surface area contributed by atoms with E-state index in [0.29, 0.717) is 12.8 Å². The van der Waals surface area contributed by atoms with Gasteiger partial charge in [-0.3, -0.25) is 9.59 Å². The van der Waals surface area contributed by atoms with Crippen LogP contribution < -0.4 is 10.6 Å². The van der Waals surface area contributed by atoms with Gasteiger partial charge >= 0.3 is 5.97 Å². The summed E-state index contributed by atoms with van der Waals surface area (Å²) in [7, 11) is 1.29. The van der Waals surface area contributed by atoms with E-state index in [-0.39, 0.29) is 17.7 Å². The second-order valence-electron chi connectivity index (χ2n) is 4.55. The zero-order valence-electron chi connectivity index (χ0n) is 11.0. The summed E-state index contributed by atoms with van der Waals surface area (Å²) in [5.41, 5.74) is 0. The van der Waals surface area contributed by atoms with Gasteiger partial charge in [-0.2, -0.15) is 0 Å². The third kappa shape index (κ3) is 3.45. The quantitative estimate of drug-likeness (QED) is 0.676. The molecule has 6 nitrogen and oxygen atoms in total. The van der Waals surface area contributed by atoms with Crippen LogP contribution in [0.5, 0.6) is 0 Å². The lowest BCUT2D eigenvalue weighted by atomic mass is 9.99. The Kier molecular flexibility index (Phi) is 5.12. The first-order valence-electron chi connectivity index (χ1n) is 6.17. The fourth-order valence-electron chi connectivity index (χ4n) is 1.86. The molecule has 1 aliphatic heterocycles. The Bertz CT molecular complexity index is 343. The molecule has 0 aliphatic carbocycles. The van der Waals surface area contributed by atoms with Gasteiger partial charge in [0.2, 0.25) is 11.8 Å². The number of hydrogen-bond donors (Lipinski definition) is 2. The summed E-state index contributed by atoms with van der Waals surface area (Å²) < 4.78 is 4.68. The fraction of sp³-hybridized carbons (Fsp3) is 0.750. The van der Waals surface area contributed by atoms with Gasteiger partial charge in [0, 0.05) is 6.42 Å². The van der Waals surface area contributed by atoms with E-state index >= 15 is 0 Å². The van der Waals surface area contributed by atoms with Gasteiger partial charge in [0.25, 0.3) is 0 Å². The topological polar surface area (TPSA) is 84.5 Å². The normalized spacial score (nSPS) is 21.9. The standard InChI is InChI=1S/C12H20N2O4/c1-4-7(2)10(12(17)18-3)14-11(16)8-5-6-9(15)13-8/h7-8,10H,4-6H2,1-3H3,(H,13,15)(H,14,16)/t7-,8+,10+/m1/s1. The zero-order valence-corrected chi connectivity index (χ0v) is 11.0. The number of methoxy groups -OCH3 is 1. The van der Waals surface area contributed by atoms with Crippen molar-refractivity contribution in [3.8, 4) is 0 Å². The first-order chi connectivity index (χ1) is 8.49. The summed E-state index contributed by atoms with van der Waals surface area (Å²) >= 11 is 0. The van der Waals surface area contributed by atoms with Crippen molar-refractivity contribution in [2.24, 2.45) is 5.92 Å². The van der Waals surface area contributed by atoms with Gasteiger partial charge in [0.15, 0.2) is 0 Å². The highest BCUT2D eigenvalue weighted by atomic mass is 16.5. The molecule has 2 N–H and O–H groups in total. The average Bonchev–Trinajstić information content (AvgIpc) is 2.80. The van der Waals surface area contributed by atoms with Gasteiger partial charge in [0.1, 0.15) is 12.1 Å². The van der Waals surface area contributed by atoms with E-state index in [2.05, 4.69) is 15.4 Å². The molecule has 102 valence electrons. The van der Waals surface area contributed by atoms with E-state index in [1.165, 1.54) is 7.11 Å². The molecule has 0 aromatic rings. The van der Waals surface area contributed by atoms with Gasteiger partial charge in [-0.25, -0.2) is 4.79 Å². The second kappa shape index (κ2) is 6.37. The number of carbonyl (C=O) groups excluding carboxylic acids is 3. The van der Waals surface area contributed by atoms with E-state index in [4.69, 9.17) is 0 Å². The van der Waals surface area contributed by atoms with Crippen LogP contribution in [-0.4, -0.2) is 37.0 Å². The molecule has 0 aromatic heterocycles. The molecule has 3 atom stereocenters. The highest BCUT2D eigenvalue weighted by Crippen LogP contribution is 2.12. The van der Waals surface area contributed by atoms with Crippen LogP contribution in [0.1, 0.15) is 33.1 Å². The van der Waals surface area contributed by atoms with Crippen molar-refractivity contribution in [3.63, 3.8) is 0 Å². The Hall–Kier alpha value is -1.59. The lowest BCUT2D eigenvalue weighted by Gasteiger charge is -2.23. The summed E-state index contributed by atoms with van der Waals surface area (Å²) in [4.78, 5) is 34.6. The molecule has 18 heavy (non-hydrogen) atoms. The second-order valence-corrected chi connectivity index (χ2v) is 4.55. The van der Waals surface area contributed by atoms with Crippen LogP contribution in [0.4, 0.5) is 0 Å². The Morgan fingerprint density at radius 3 is 2.67 bits per heavy atom. The Balaban J connectivity index is 2.62. The maximum Gasteiger partial charge on any atom is 0.328 e. The Morgan fingerprint density at radius 1 is 1.56 bits per heavy atom. The molecule has 0 aromatic carbocycles. The highest BCUT2D eigenvalue weighted by Gasteiger charge is 2.32. The number of amides is 2. The first-order valence-corrected chi connectivity index (χ1v) is 6.17. The minimum Gasteiger partial charge on any atom is -0.467 e. The summed E-state index contributed by atoms with van der Waals surface area (Å²) in [6.07, 6.45) is 1.57. The van der Waals surface area contributed by atoms with Crippen molar-refractivity contribution in [1.82, 2.24) is 10.6 Å². The predicted molar refractivity (Wildman–Crippen MR) is 64.6 cm³/mol. The molecule has 1 saturated heterocycles. The van der Waals surface area contributed by atoms with E-state index in [9.17, 15) is 14.4 Å². The van der Waals surface area contributed by atoms with Crippen LogP contribution in [0.15, 0.2) is 0 Å². The molecule has 1 aliphatic rings. The first kappa shape index (κ1) is 14.5. The highest BCUT2D eigenvalue weighted by molar-refractivity contribution is 5.93. The van der Waals surface area contributed by atoms with E-state index in [1.54, 1.807) is 0 Å². The number of hydrogen-bond acceptors (Lipinski definition) is 4. The summed E-state index contributed by atoms with van der Waals surface area (Å²) in [5.74, 6) is -0.926. The summed E-state index contributed by atoms with van der Waals surface area (Å²) in [5, 5.41) is 5.22. The molecule has 1 fully saturated rings. The largest absolute Gasteiger partial charge is 0.467 e. The molecule has 1 heterocycles. The molecular formula is C12H20N2O4. The zero-order chi connectivity index (χ0) is 13.7. The minimum absolute atomic E-state index is 0.0153. The molecule has 6 heteroatoms. The van der Waals surface area contributed by atoms with Crippen molar-refractivity contribution in [1.29, 1.82) is 0 Å². The van der Waals surface area contributed by atoms with Crippen molar-refractivity contribution in [3.05, 3.63) is 0 Å². The SMILES string of the molecule is CC[C@@H](C)[C@H](NC(=O)[C@@H]1CCC(=O)N1)C(=O)OC. The molecule has 1 rings (SSSR count). The molecule has 0 bridgehead atoms. The van der Waals surface area contributed by atoms with Gasteiger partial charge in [-0.1, -0.05) is 20.3 Å². The van der Waals surface area contributed by atoms with Crippen LogP contribution in [-0.2, 0) is 19.1 Å². The molecule has 0 spiro atoms. The van der Waals surface area contributed by atoms with Crippen molar-refractivity contribution < 1.29 is 19.1 Å². The minimum atomic E-state index is -0.662. The van der Waals surface area contributed by atoms with E-state index in [1.807, 2.05) is 13.8 Å². The maximum atomic E-state index is 11.9.